The molecule has 0 radical (unpaired) electrons. The number of nitrogens with one attached hydrogen (secondary N) is 1. The molecule has 0 spiro atoms. The van der Waals surface area contributed by atoms with Crippen molar-refractivity contribution in [3.8, 4) is 17.0 Å². The van der Waals surface area contributed by atoms with Gasteiger partial charge in [-0.25, -0.2) is 9.78 Å². The molecule has 0 fully saturated rings. The molecule has 1 atom stereocenters. The number of rotatable bonds is 5. The first-order chi connectivity index (χ1) is 15.2. The molecule has 4 aromatic rings. The van der Waals surface area contributed by atoms with Gasteiger partial charge in [-0.2, -0.15) is 4.57 Å². The van der Waals surface area contributed by atoms with Gasteiger partial charge in [0.15, 0.2) is 6.04 Å². The standard InChI is InChI=1S/C26H21N3O2/c30-21-13-11-20(12-14-21)24-17-29-25(22(27-24)15-18-7-3-1-4-8-18)28-23(26(29)31)16-19-9-5-2-6-10-19/h1-14,17,23,30H,15-16H2/p+1. The first-order valence-electron chi connectivity index (χ1n) is 10.3. The largest absolute Gasteiger partial charge is 0.508 e. The van der Waals surface area contributed by atoms with Crippen LogP contribution in [0.25, 0.3) is 11.3 Å². The first kappa shape index (κ1) is 19.0. The monoisotopic (exact) mass is 408 g/mol. The zero-order chi connectivity index (χ0) is 21.2. The average molecular weight is 408 g/mol. The summed E-state index contributed by atoms with van der Waals surface area (Å²) in [6, 6.07) is 26.7. The predicted octanol–water partition coefficient (Wildman–Crippen LogP) is 4.01. The minimum atomic E-state index is -0.339. The van der Waals surface area contributed by atoms with E-state index < -0.39 is 0 Å². The van der Waals surface area contributed by atoms with Crippen molar-refractivity contribution < 1.29 is 14.5 Å². The summed E-state index contributed by atoms with van der Waals surface area (Å²) in [6.45, 7) is 0. The van der Waals surface area contributed by atoms with Crippen molar-refractivity contribution in [2.24, 2.45) is 0 Å². The predicted molar refractivity (Wildman–Crippen MR) is 119 cm³/mol. The maximum Gasteiger partial charge on any atom is 0.359 e. The van der Waals surface area contributed by atoms with E-state index in [4.69, 9.17) is 4.98 Å². The molecule has 3 aromatic carbocycles. The number of benzene rings is 3. The van der Waals surface area contributed by atoms with Gasteiger partial charge in [0.2, 0.25) is 0 Å². The van der Waals surface area contributed by atoms with Crippen LogP contribution >= 0.6 is 0 Å². The van der Waals surface area contributed by atoms with Gasteiger partial charge in [-0.3, -0.25) is 5.32 Å². The highest BCUT2D eigenvalue weighted by Gasteiger charge is 2.41. The van der Waals surface area contributed by atoms with Crippen molar-refractivity contribution in [3.05, 3.63) is 108 Å². The molecule has 0 bridgehead atoms. The number of nitrogens with zero attached hydrogens (tertiary/aromatic N) is 2. The molecule has 1 aliphatic heterocycles. The van der Waals surface area contributed by atoms with Crippen LogP contribution in [0, 0.1) is 0 Å². The molecule has 2 heterocycles. The van der Waals surface area contributed by atoms with Crippen LogP contribution in [0.5, 0.6) is 5.75 Å². The molecule has 0 saturated carbocycles. The van der Waals surface area contributed by atoms with Gasteiger partial charge in [-0.1, -0.05) is 60.7 Å². The van der Waals surface area contributed by atoms with Gasteiger partial charge in [0.1, 0.15) is 23.3 Å². The highest BCUT2D eigenvalue weighted by atomic mass is 16.3. The van der Waals surface area contributed by atoms with Crippen LogP contribution in [0.4, 0.5) is 5.82 Å². The Balaban J connectivity index is 1.55. The summed E-state index contributed by atoms with van der Waals surface area (Å²) in [5.41, 5.74) is 4.60. The van der Waals surface area contributed by atoms with Crippen molar-refractivity contribution in [1.29, 1.82) is 0 Å². The minimum Gasteiger partial charge on any atom is -0.508 e. The number of hydrogen-bond donors (Lipinski definition) is 2. The number of phenolic OH excluding ortho intramolecular Hbond substituents is 1. The van der Waals surface area contributed by atoms with Crippen LogP contribution in [0.15, 0.2) is 91.1 Å². The lowest BCUT2D eigenvalue weighted by molar-refractivity contribution is -0.552. The van der Waals surface area contributed by atoms with Crippen molar-refractivity contribution in [2.45, 2.75) is 18.9 Å². The van der Waals surface area contributed by atoms with E-state index in [9.17, 15) is 9.90 Å². The molecule has 1 unspecified atom stereocenters. The third-order valence-electron chi connectivity index (χ3n) is 5.53. The van der Waals surface area contributed by atoms with Gasteiger partial charge in [0.05, 0.1) is 0 Å². The van der Waals surface area contributed by atoms with Gasteiger partial charge in [0.25, 0.3) is 0 Å². The third-order valence-corrected chi connectivity index (χ3v) is 5.53. The molecule has 5 heteroatoms. The van der Waals surface area contributed by atoms with E-state index in [0.29, 0.717) is 18.5 Å². The van der Waals surface area contributed by atoms with Crippen LogP contribution in [-0.4, -0.2) is 22.0 Å². The zero-order valence-corrected chi connectivity index (χ0v) is 16.9. The van der Waals surface area contributed by atoms with E-state index in [-0.39, 0.29) is 17.7 Å². The van der Waals surface area contributed by atoms with Gasteiger partial charge in [-0.15, -0.1) is 0 Å². The average Bonchev–Trinajstić information content (AvgIpc) is 3.11. The molecule has 31 heavy (non-hydrogen) atoms. The second kappa shape index (κ2) is 8.03. The Morgan fingerprint density at radius 1 is 0.871 bits per heavy atom. The molecular formula is C26H22N3O2+. The quantitative estimate of drug-likeness (QED) is 0.490. The molecule has 0 aliphatic carbocycles. The second-order valence-electron chi connectivity index (χ2n) is 7.73. The number of anilines is 1. The highest BCUT2D eigenvalue weighted by molar-refractivity contribution is 5.82. The number of aromatic hydroxyl groups is 1. The van der Waals surface area contributed by atoms with Gasteiger partial charge >= 0.3 is 11.7 Å². The van der Waals surface area contributed by atoms with E-state index in [1.165, 1.54) is 0 Å². The number of carbonyl (C=O) groups excluding carboxylic acids is 1. The van der Waals surface area contributed by atoms with Crippen LogP contribution < -0.4 is 9.88 Å². The van der Waals surface area contributed by atoms with E-state index >= 15 is 0 Å². The van der Waals surface area contributed by atoms with Crippen LogP contribution in [-0.2, 0) is 12.8 Å². The maximum atomic E-state index is 13.3. The van der Waals surface area contributed by atoms with E-state index in [1.807, 2.05) is 60.7 Å². The highest BCUT2D eigenvalue weighted by Crippen LogP contribution is 2.25. The van der Waals surface area contributed by atoms with Gasteiger partial charge in [-0.05, 0) is 35.4 Å². The molecule has 5 nitrogen and oxygen atoms in total. The Bertz CT molecular complexity index is 1220. The molecule has 5 rings (SSSR count). The van der Waals surface area contributed by atoms with Crippen molar-refractivity contribution in [1.82, 2.24) is 4.98 Å². The number of hydrogen-bond acceptors (Lipinski definition) is 4. The Hall–Kier alpha value is -3.99. The number of fused-ring (bicyclic) bond motifs is 1. The van der Waals surface area contributed by atoms with Gasteiger partial charge < -0.3 is 5.11 Å². The number of aromatic nitrogens is 2. The van der Waals surface area contributed by atoms with Crippen molar-refractivity contribution in [2.75, 3.05) is 5.32 Å². The van der Waals surface area contributed by atoms with Crippen molar-refractivity contribution >= 4 is 11.7 Å². The smallest absolute Gasteiger partial charge is 0.359 e. The lowest BCUT2D eigenvalue weighted by Crippen LogP contribution is -2.44. The molecular weight excluding hydrogens is 386 g/mol. The zero-order valence-electron chi connectivity index (χ0n) is 16.9. The molecule has 1 aliphatic rings. The summed E-state index contributed by atoms with van der Waals surface area (Å²) >= 11 is 0. The lowest BCUT2D eigenvalue weighted by Gasteiger charge is -2.07. The summed E-state index contributed by atoms with van der Waals surface area (Å²) in [4.78, 5) is 18.2. The molecule has 1 aromatic heterocycles. The summed E-state index contributed by atoms with van der Waals surface area (Å²) in [5.74, 6) is 0.954. The van der Waals surface area contributed by atoms with E-state index in [2.05, 4.69) is 17.4 Å². The summed E-state index contributed by atoms with van der Waals surface area (Å²) < 4.78 is 1.70. The fourth-order valence-corrected chi connectivity index (χ4v) is 3.95. The fourth-order valence-electron chi connectivity index (χ4n) is 3.95. The Morgan fingerprint density at radius 3 is 2.19 bits per heavy atom. The molecule has 152 valence electrons. The van der Waals surface area contributed by atoms with Crippen LogP contribution in [0.3, 0.4) is 0 Å². The first-order valence-corrected chi connectivity index (χ1v) is 10.3. The third kappa shape index (κ3) is 3.90. The molecule has 0 saturated heterocycles. The van der Waals surface area contributed by atoms with Crippen LogP contribution in [0.2, 0.25) is 0 Å². The van der Waals surface area contributed by atoms with E-state index in [1.54, 1.807) is 22.9 Å². The molecule has 2 N–H and O–H groups in total. The summed E-state index contributed by atoms with van der Waals surface area (Å²) in [5, 5.41) is 13.1. The summed E-state index contributed by atoms with van der Waals surface area (Å²) in [6.07, 6.45) is 3.01. The SMILES string of the molecule is O=C1C(Cc2ccccc2)Nc2c(Cc3ccccc3)nc(-c3ccc(O)cc3)c[n+]21. The number of phenols is 1. The van der Waals surface area contributed by atoms with Crippen molar-refractivity contribution in [3.63, 3.8) is 0 Å². The van der Waals surface area contributed by atoms with Gasteiger partial charge in [0, 0.05) is 18.4 Å². The number of carbonyl (C=O) groups is 1. The molecule has 0 amide bonds. The normalized spacial score (nSPS) is 14.8. The van der Waals surface area contributed by atoms with Crippen LogP contribution in [0.1, 0.15) is 21.6 Å². The van der Waals surface area contributed by atoms with E-state index in [0.717, 1.165) is 28.2 Å². The fraction of sp³-hybridized carbons (Fsp3) is 0.115. The maximum absolute atomic E-state index is 13.3. The Morgan fingerprint density at radius 2 is 1.52 bits per heavy atom. The topological polar surface area (TPSA) is 66.1 Å². The Kier molecular flexibility index (Phi) is 4.92. The minimum absolute atomic E-state index is 0.00981. The second-order valence-corrected chi connectivity index (χ2v) is 7.73. The Labute approximate surface area is 180 Å². The summed E-state index contributed by atoms with van der Waals surface area (Å²) in [7, 11) is 0. The lowest BCUT2D eigenvalue weighted by atomic mass is 10.1.